The number of rotatable bonds is 5. The molecular formula is C18H18O6. The molecule has 24 heavy (non-hydrogen) atoms. The van der Waals surface area contributed by atoms with Gasteiger partial charge in [-0.2, -0.15) is 0 Å². The maximum atomic E-state index is 12.2. The summed E-state index contributed by atoms with van der Waals surface area (Å²) in [4.78, 5) is 36.4. The lowest BCUT2D eigenvalue weighted by atomic mass is 10.00. The summed E-state index contributed by atoms with van der Waals surface area (Å²) in [6.07, 6.45) is 1.69. The van der Waals surface area contributed by atoms with E-state index in [1.807, 2.05) is 30.3 Å². The van der Waals surface area contributed by atoms with Gasteiger partial charge in [-0.1, -0.05) is 30.3 Å². The molecule has 0 unspecified atom stereocenters. The third-order valence-electron chi connectivity index (χ3n) is 3.23. The van der Waals surface area contributed by atoms with E-state index in [2.05, 4.69) is 0 Å². The molecule has 0 spiro atoms. The summed E-state index contributed by atoms with van der Waals surface area (Å²) < 4.78 is 14.8. The lowest BCUT2D eigenvalue weighted by Gasteiger charge is -2.09. The molecule has 1 aromatic carbocycles. The van der Waals surface area contributed by atoms with Crippen LogP contribution >= 0.6 is 0 Å². The maximum absolute atomic E-state index is 12.2. The van der Waals surface area contributed by atoms with Crippen LogP contribution in [0.4, 0.5) is 0 Å². The monoisotopic (exact) mass is 330 g/mol. The van der Waals surface area contributed by atoms with Crippen LogP contribution in [0.15, 0.2) is 47.1 Å². The van der Waals surface area contributed by atoms with Crippen LogP contribution in [0.3, 0.4) is 0 Å². The minimum Gasteiger partial charge on any atom is -0.462 e. The average molecular weight is 330 g/mol. The Morgan fingerprint density at radius 3 is 2.21 bits per heavy atom. The SMILES string of the molecule is CCOC(=O)C(C(=O)OCC)=C1C(=O)OC/C1=C\c1ccccc1. The first-order chi connectivity index (χ1) is 11.6. The van der Waals surface area contributed by atoms with Gasteiger partial charge in [0, 0.05) is 5.57 Å². The van der Waals surface area contributed by atoms with E-state index < -0.39 is 23.5 Å². The lowest BCUT2D eigenvalue weighted by molar-refractivity contribution is -0.147. The Labute approximate surface area is 139 Å². The van der Waals surface area contributed by atoms with Crippen LogP contribution in [0.25, 0.3) is 6.08 Å². The molecule has 0 N–H and O–H groups in total. The van der Waals surface area contributed by atoms with Crippen molar-refractivity contribution in [1.29, 1.82) is 0 Å². The fourth-order valence-electron chi connectivity index (χ4n) is 2.24. The Hall–Kier alpha value is -2.89. The summed E-state index contributed by atoms with van der Waals surface area (Å²) in [5.74, 6) is -2.54. The van der Waals surface area contributed by atoms with E-state index in [1.165, 1.54) is 0 Å². The molecule has 0 radical (unpaired) electrons. The summed E-state index contributed by atoms with van der Waals surface area (Å²) in [5, 5.41) is 0. The molecule has 1 heterocycles. The fourth-order valence-corrected chi connectivity index (χ4v) is 2.24. The number of ether oxygens (including phenoxy) is 3. The van der Waals surface area contributed by atoms with Gasteiger partial charge >= 0.3 is 17.9 Å². The van der Waals surface area contributed by atoms with Gasteiger partial charge < -0.3 is 14.2 Å². The fraction of sp³-hybridized carbons (Fsp3) is 0.278. The maximum Gasteiger partial charge on any atom is 0.346 e. The van der Waals surface area contributed by atoms with Gasteiger partial charge in [0.15, 0.2) is 5.57 Å². The van der Waals surface area contributed by atoms with Crippen molar-refractivity contribution in [3.05, 3.63) is 52.6 Å². The van der Waals surface area contributed by atoms with Crippen LogP contribution in [-0.2, 0) is 28.6 Å². The van der Waals surface area contributed by atoms with Crippen molar-refractivity contribution in [2.24, 2.45) is 0 Å². The van der Waals surface area contributed by atoms with Gasteiger partial charge in [-0.15, -0.1) is 0 Å². The Kier molecular flexibility index (Phi) is 5.89. The van der Waals surface area contributed by atoms with Crippen molar-refractivity contribution in [1.82, 2.24) is 0 Å². The quantitative estimate of drug-likeness (QED) is 0.270. The highest BCUT2D eigenvalue weighted by Crippen LogP contribution is 2.27. The van der Waals surface area contributed by atoms with Crippen LogP contribution in [0.1, 0.15) is 19.4 Å². The molecule has 0 bridgehead atoms. The Bertz CT molecular complexity index is 679. The first-order valence-electron chi connectivity index (χ1n) is 7.60. The standard InChI is InChI=1S/C18H18O6/c1-3-22-17(20)15(18(21)23-4-2)14-13(11-24-16(14)19)10-12-8-6-5-7-9-12/h5-10H,3-4,11H2,1-2H3/b13-10+. The number of hydrogen-bond acceptors (Lipinski definition) is 6. The Morgan fingerprint density at radius 2 is 1.67 bits per heavy atom. The predicted octanol–water partition coefficient (Wildman–Crippen LogP) is 2.05. The molecule has 1 saturated heterocycles. The molecular weight excluding hydrogens is 312 g/mol. The van der Waals surface area contributed by atoms with Gasteiger partial charge in [0.25, 0.3) is 0 Å². The molecule has 6 nitrogen and oxygen atoms in total. The largest absolute Gasteiger partial charge is 0.462 e. The molecule has 0 atom stereocenters. The predicted molar refractivity (Wildman–Crippen MR) is 85.7 cm³/mol. The first kappa shape index (κ1) is 17.5. The number of benzene rings is 1. The zero-order chi connectivity index (χ0) is 17.5. The molecule has 2 rings (SSSR count). The molecule has 1 aliphatic heterocycles. The van der Waals surface area contributed by atoms with Crippen LogP contribution < -0.4 is 0 Å². The molecule has 6 heteroatoms. The molecule has 0 saturated carbocycles. The second-order valence-corrected chi connectivity index (χ2v) is 4.85. The number of carbonyl (C=O) groups excluding carboxylic acids is 3. The summed E-state index contributed by atoms with van der Waals surface area (Å²) in [6, 6.07) is 9.21. The van der Waals surface area contributed by atoms with E-state index in [0.29, 0.717) is 5.57 Å². The third-order valence-corrected chi connectivity index (χ3v) is 3.23. The second kappa shape index (κ2) is 8.10. The van der Waals surface area contributed by atoms with Crippen molar-refractivity contribution in [2.75, 3.05) is 19.8 Å². The highest BCUT2D eigenvalue weighted by atomic mass is 16.6. The Balaban J connectivity index is 2.54. The molecule has 1 aliphatic rings. The second-order valence-electron chi connectivity index (χ2n) is 4.85. The van der Waals surface area contributed by atoms with E-state index in [-0.39, 0.29) is 25.4 Å². The third kappa shape index (κ3) is 3.90. The van der Waals surface area contributed by atoms with Gasteiger partial charge in [0.2, 0.25) is 0 Å². The summed E-state index contributed by atoms with van der Waals surface area (Å²) in [7, 11) is 0. The molecule has 0 aliphatic carbocycles. The van der Waals surface area contributed by atoms with E-state index in [1.54, 1.807) is 19.9 Å². The van der Waals surface area contributed by atoms with Crippen molar-refractivity contribution in [2.45, 2.75) is 13.8 Å². The van der Waals surface area contributed by atoms with Gasteiger partial charge in [-0.25, -0.2) is 14.4 Å². The molecule has 1 aromatic rings. The lowest BCUT2D eigenvalue weighted by Crippen LogP contribution is -2.22. The normalized spacial score (nSPS) is 15.2. The highest BCUT2D eigenvalue weighted by molar-refractivity contribution is 6.21. The van der Waals surface area contributed by atoms with Crippen molar-refractivity contribution >= 4 is 24.0 Å². The van der Waals surface area contributed by atoms with E-state index in [9.17, 15) is 14.4 Å². The van der Waals surface area contributed by atoms with Crippen molar-refractivity contribution in [3.63, 3.8) is 0 Å². The van der Waals surface area contributed by atoms with Crippen LogP contribution in [0.2, 0.25) is 0 Å². The first-order valence-corrected chi connectivity index (χ1v) is 7.60. The van der Waals surface area contributed by atoms with E-state index in [0.717, 1.165) is 5.56 Å². The summed E-state index contributed by atoms with van der Waals surface area (Å²) in [5.41, 5.74) is 0.719. The number of carbonyl (C=O) groups is 3. The van der Waals surface area contributed by atoms with Gasteiger partial charge in [-0.3, -0.25) is 0 Å². The van der Waals surface area contributed by atoms with E-state index >= 15 is 0 Å². The van der Waals surface area contributed by atoms with Gasteiger partial charge in [0.05, 0.1) is 18.8 Å². The number of hydrogen-bond donors (Lipinski definition) is 0. The van der Waals surface area contributed by atoms with Crippen LogP contribution in [0, 0.1) is 0 Å². The minimum atomic E-state index is -0.899. The number of cyclic esters (lactones) is 1. The summed E-state index contributed by atoms with van der Waals surface area (Å²) >= 11 is 0. The summed E-state index contributed by atoms with van der Waals surface area (Å²) in [6.45, 7) is 3.34. The minimum absolute atomic E-state index is 0.0224. The van der Waals surface area contributed by atoms with Gasteiger partial charge in [0.1, 0.15) is 6.61 Å². The molecule has 0 amide bonds. The molecule has 0 aromatic heterocycles. The average Bonchev–Trinajstić information content (AvgIpc) is 2.90. The smallest absolute Gasteiger partial charge is 0.346 e. The van der Waals surface area contributed by atoms with Crippen molar-refractivity contribution < 1.29 is 28.6 Å². The Morgan fingerprint density at radius 1 is 1.08 bits per heavy atom. The van der Waals surface area contributed by atoms with Gasteiger partial charge in [-0.05, 0) is 25.5 Å². The highest BCUT2D eigenvalue weighted by Gasteiger charge is 2.36. The van der Waals surface area contributed by atoms with Crippen LogP contribution in [-0.4, -0.2) is 37.7 Å². The zero-order valence-electron chi connectivity index (χ0n) is 13.5. The topological polar surface area (TPSA) is 78.9 Å². The molecule has 1 fully saturated rings. The molecule has 126 valence electrons. The van der Waals surface area contributed by atoms with Crippen LogP contribution in [0.5, 0.6) is 0 Å². The zero-order valence-corrected chi connectivity index (χ0v) is 13.5. The van der Waals surface area contributed by atoms with Crippen molar-refractivity contribution in [3.8, 4) is 0 Å². The van der Waals surface area contributed by atoms with E-state index in [4.69, 9.17) is 14.2 Å². The number of esters is 3.